The van der Waals surface area contributed by atoms with Crippen molar-refractivity contribution >= 4 is 30.3 Å². The van der Waals surface area contributed by atoms with Crippen LogP contribution in [0.4, 0.5) is 0 Å². The Kier molecular flexibility index (Phi) is 8.82. The minimum absolute atomic E-state index is 0.120. The highest BCUT2D eigenvalue weighted by Gasteiger charge is 2.06. The summed E-state index contributed by atoms with van der Waals surface area (Å²) in [5.74, 6) is 0.232. The number of benzene rings is 3. The van der Waals surface area contributed by atoms with Gasteiger partial charge in [0.2, 0.25) is 0 Å². The van der Waals surface area contributed by atoms with Gasteiger partial charge in [-0.25, -0.2) is 4.79 Å². The van der Waals surface area contributed by atoms with Crippen molar-refractivity contribution in [3.63, 3.8) is 0 Å². The topological polar surface area (TPSA) is 74.2 Å². The van der Waals surface area contributed by atoms with E-state index >= 15 is 0 Å². The second-order valence-electron chi connectivity index (χ2n) is 7.07. The van der Waals surface area contributed by atoms with Crippen molar-refractivity contribution in [2.75, 3.05) is 27.8 Å². The van der Waals surface area contributed by atoms with E-state index in [9.17, 15) is 4.79 Å². The van der Waals surface area contributed by atoms with E-state index in [1.807, 2.05) is 66.8 Å². The number of methoxy groups -OCH3 is 2. The molecule has 170 valence electrons. The summed E-state index contributed by atoms with van der Waals surface area (Å²) in [6.45, 7) is 0.252. The van der Waals surface area contributed by atoms with Crippen LogP contribution < -0.4 is 9.47 Å². The van der Waals surface area contributed by atoms with Crippen LogP contribution in [0.2, 0.25) is 0 Å². The first kappa shape index (κ1) is 23.8. The van der Waals surface area contributed by atoms with Crippen LogP contribution in [0.5, 0.6) is 11.5 Å². The normalized spacial score (nSPS) is 11.2. The molecule has 0 unspecified atom stereocenters. The van der Waals surface area contributed by atoms with Gasteiger partial charge >= 0.3 is 5.97 Å². The zero-order valence-corrected chi connectivity index (χ0v) is 18.6. The van der Waals surface area contributed by atoms with Crippen molar-refractivity contribution in [2.45, 2.75) is 0 Å². The molecule has 0 saturated heterocycles. The summed E-state index contributed by atoms with van der Waals surface area (Å²) >= 11 is 0. The Morgan fingerprint density at radius 1 is 0.667 bits per heavy atom. The second-order valence-corrected chi connectivity index (χ2v) is 7.07. The van der Waals surface area contributed by atoms with Gasteiger partial charge < -0.3 is 24.1 Å². The lowest BCUT2D eigenvalue weighted by Gasteiger charge is -2.12. The largest absolute Gasteiger partial charge is 0.478 e. The number of ether oxygens (including phenoxy) is 4. The molecule has 0 fully saturated rings. The summed E-state index contributed by atoms with van der Waals surface area (Å²) < 4.78 is 21.1. The van der Waals surface area contributed by atoms with E-state index in [1.54, 1.807) is 38.5 Å². The van der Waals surface area contributed by atoms with E-state index in [0.717, 1.165) is 22.3 Å². The summed E-state index contributed by atoms with van der Waals surface area (Å²) in [5, 5.41) is 8.97. The number of carboxylic acids is 1. The number of hydrogen-bond donors (Lipinski definition) is 1. The summed E-state index contributed by atoms with van der Waals surface area (Å²) in [6.07, 6.45) is 7.95. The summed E-state index contributed by atoms with van der Waals surface area (Å²) in [6, 6.07) is 20.5. The fourth-order valence-electron chi connectivity index (χ4n) is 2.95. The molecule has 33 heavy (non-hydrogen) atoms. The highest BCUT2D eigenvalue weighted by Crippen LogP contribution is 2.29. The van der Waals surface area contributed by atoms with Crippen molar-refractivity contribution in [1.82, 2.24) is 0 Å². The lowest BCUT2D eigenvalue weighted by Crippen LogP contribution is -2.04. The first-order valence-electron chi connectivity index (χ1n) is 10.3. The van der Waals surface area contributed by atoms with Gasteiger partial charge in [0, 0.05) is 14.2 Å². The molecule has 3 rings (SSSR count). The van der Waals surface area contributed by atoms with Crippen LogP contribution in [0, 0.1) is 0 Å². The van der Waals surface area contributed by atoms with Crippen LogP contribution in [-0.2, 0) is 9.47 Å². The van der Waals surface area contributed by atoms with E-state index in [4.69, 9.17) is 24.1 Å². The standard InChI is InChI=1S/C27H26O6/c1-30-18-32-25-16-13-23(17-26(25)33-19-31-2)10-9-21-5-3-20(4-6-21)7-8-22-11-14-24(15-12-22)27(28)29/h3-17H,18-19H2,1-2H3,(H,28,29). The molecule has 6 nitrogen and oxygen atoms in total. The molecule has 0 aromatic heterocycles. The smallest absolute Gasteiger partial charge is 0.335 e. The molecule has 0 saturated carbocycles. The van der Waals surface area contributed by atoms with E-state index in [0.29, 0.717) is 11.5 Å². The molecule has 3 aromatic rings. The first-order chi connectivity index (χ1) is 16.1. The van der Waals surface area contributed by atoms with Crippen molar-refractivity contribution in [3.8, 4) is 11.5 Å². The van der Waals surface area contributed by atoms with Gasteiger partial charge in [-0.15, -0.1) is 0 Å². The Bertz CT molecular complexity index is 1100. The third-order valence-electron chi connectivity index (χ3n) is 4.66. The van der Waals surface area contributed by atoms with Crippen molar-refractivity contribution in [2.24, 2.45) is 0 Å². The van der Waals surface area contributed by atoms with Crippen LogP contribution in [0.1, 0.15) is 32.6 Å². The summed E-state index contributed by atoms with van der Waals surface area (Å²) in [4.78, 5) is 10.9. The molecule has 1 N–H and O–H groups in total. The maximum absolute atomic E-state index is 10.9. The number of hydrogen-bond acceptors (Lipinski definition) is 5. The second kappa shape index (κ2) is 12.2. The quantitative estimate of drug-likeness (QED) is 0.301. The van der Waals surface area contributed by atoms with Crippen LogP contribution in [0.3, 0.4) is 0 Å². The van der Waals surface area contributed by atoms with Gasteiger partial charge in [0.1, 0.15) is 0 Å². The number of carbonyl (C=O) groups is 1. The highest BCUT2D eigenvalue weighted by atomic mass is 16.7. The molecule has 0 aliphatic carbocycles. The minimum atomic E-state index is -0.928. The molecule has 0 aliphatic heterocycles. The molecule has 0 amide bonds. The van der Waals surface area contributed by atoms with Gasteiger partial charge in [0.15, 0.2) is 25.1 Å². The van der Waals surface area contributed by atoms with Gasteiger partial charge in [-0.2, -0.15) is 0 Å². The Morgan fingerprint density at radius 3 is 1.58 bits per heavy atom. The van der Waals surface area contributed by atoms with Crippen molar-refractivity contribution in [3.05, 3.63) is 94.5 Å². The predicted octanol–water partition coefficient (Wildman–Crippen LogP) is 5.69. The van der Waals surface area contributed by atoms with Crippen molar-refractivity contribution < 1.29 is 28.8 Å². The third kappa shape index (κ3) is 7.35. The predicted molar refractivity (Wildman–Crippen MR) is 129 cm³/mol. The van der Waals surface area contributed by atoms with Gasteiger partial charge in [-0.3, -0.25) is 0 Å². The van der Waals surface area contributed by atoms with Gasteiger partial charge in [-0.1, -0.05) is 66.8 Å². The fourth-order valence-corrected chi connectivity index (χ4v) is 2.95. The van der Waals surface area contributed by atoms with Crippen LogP contribution in [-0.4, -0.2) is 38.9 Å². The van der Waals surface area contributed by atoms with E-state index < -0.39 is 5.97 Å². The van der Waals surface area contributed by atoms with E-state index in [2.05, 4.69) is 0 Å². The fraction of sp³-hybridized carbons (Fsp3) is 0.148. The van der Waals surface area contributed by atoms with Gasteiger partial charge in [0.05, 0.1) is 5.56 Å². The molecule has 3 aromatic carbocycles. The molecular weight excluding hydrogens is 420 g/mol. The average Bonchev–Trinajstić information content (AvgIpc) is 2.85. The zero-order valence-electron chi connectivity index (χ0n) is 18.6. The molecule has 6 heteroatoms. The third-order valence-corrected chi connectivity index (χ3v) is 4.66. The number of carboxylic acid groups (broad SMARTS) is 1. The van der Waals surface area contributed by atoms with Gasteiger partial charge in [-0.05, 0) is 46.5 Å². The first-order valence-corrected chi connectivity index (χ1v) is 10.3. The lowest BCUT2D eigenvalue weighted by atomic mass is 10.1. The van der Waals surface area contributed by atoms with Crippen LogP contribution >= 0.6 is 0 Å². The molecule has 0 aliphatic rings. The summed E-state index contributed by atoms with van der Waals surface area (Å²) in [5.41, 5.74) is 4.27. The number of aromatic carboxylic acids is 1. The Hall–Kier alpha value is -3.87. The molecule has 0 radical (unpaired) electrons. The lowest BCUT2D eigenvalue weighted by molar-refractivity contribution is 0.0322. The average molecular weight is 446 g/mol. The van der Waals surface area contributed by atoms with E-state index in [-0.39, 0.29) is 19.1 Å². The van der Waals surface area contributed by atoms with Crippen LogP contribution in [0.15, 0.2) is 66.7 Å². The van der Waals surface area contributed by atoms with Crippen LogP contribution in [0.25, 0.3) is 24.3 Å². The Labute approximate surface area is 193 Å². The molecule has 0 atom stereocenters. The molecule has 0 spiro atoms. The maximum atomic E-state index is 10.9. The Morgan fingerprint density at radius 2 is 1.09 bits per heavy atom. The SMILES string of the molecule is COCOc1ccc(C=Cc2ccc(C=Cc3ccc(C(=O)O)cc3)cc2)cc1OCOC. The Balaban J connectivity index is 1.66. The van der Waals surface area contributed by atoms with E-state index in [1.165, 1.54) is 0 Å². The zero-order chi connectivity index (χ0) is 23.5. The number of rotatable bonds is 11. The van der Waals surface area contributed by atoms with Crippen molar-refractivity contribution in [1.29, 1.82) is 0 Å². The molecule has 0 bridgehead atoms. The molecular formula is C27H26O6. The minimum Gasteiger partial charge on any atom is -0.478 e. The highest BCUT2D eigenvalue weighted by molar-refractivity contribution is 5.88. The maximum Gasteiger partial charge on any atom is 0.335 e. The van der Waals surface area contributed by atoms with Gasteiger partial charge in [0.25, 0.3) is 0 Å². The molecule has 0 heterocycles. The summed E-state index contributed by atoms with van der Waals surface area (Å²) in [7, 11) is 3.12. The monoisotopic (exact) mass is 446 g/mol.